The number of nitrogens with zero attached hydrogens (tertiary/aromatic N) is 2. The van der Waals surface area contributed by atoms with Crippen LogP contribution in [0.3, 0.4) is 0 Å². The van der Waals surface area contributed by atoms with Crippen molar-refractivity contribution in [2.45, 2.75) is 37.8 Å². The van der Waals surface area contributed by atoms with Crippen molar-refractivity contribution in [1.82, 2.24) is 9.55 Å². The number of amides is 1. The minimum absolute atomic E-state index is 0.0895. The van der Waals surface area contributed by atoms with Gasteiger partial charge in [-0.15, -0.1) is 11.3 Å². The highest BCUT2D eigenvalue weighted by Crippen LogP contribution is 2.36. The summed E-state index contributed by atoms with van der Waals surface area (Å²) in [5.41, 5.74) is 2.37. The molecule has 0 bridgehead atoms. The van der Waals surface area contributed by atoms with Gasteiger partial charge in [0, 0.05) is 16.6 Å². The highest BCUT2D eigenvalue weighted by Gasteiger charge is 2.23. The highest BCUT2D eigenvalue weighted by atomic mass is 32.2. The van der Waals surface area contributed by atoms with Crippen LogP contribution < -0.4 is 25.1 Å². The molecule has 196 valence electrons. The van der Waals surface area contributed by atoms with Crippen molar-refractivity contribution in [3.05, 3.63) is 63.3 Å². The molecule has 8 nitrogen and oxygen atoms in total. The average Bonchev–Trinajstić information content (AvgIpc) is 3.31. The van der Waals surface area contributed by atoms with Crippen LogP contribution in [0, 0.1) is 0 Å². The molecule has 0 saturated carbocycles. The highest BCUT2D eigenvalue weighted by molar-refractivity contribution is 7.99. The van der Waals surface area contributed by atoms with Crippen molar-refractivity contribution < 1.29 is 19.0 Å². The van der Waals surface area contributed by atoms with Crippen LogP contribution in [-0.4, -0.2) is 41.0 Å². The number of carbonyl (C=O) groups is 1. The maximum Gasteiger partial charge on any atom is 0.267 e. The molecule has 6 rings (SSSR count). The molecule has 1 N–H and O–H groups in total. The number of anilines is 1. The number of aryl methyl sites for hydroxylation is 2. The van der Waals surface area contributed by atoms with Crippen molar-refractivity contribution in [3.63, 3.8) is 0 Å². The fourth-order valence-electron chi connectivity index (χ4n) is 4.82. The molecule has 0 radical (unpaired) electrons. The summed E-state index contributed by atoms with van der Waals surface area (Å²) in [6, 6.07) is 12.7. The molecule has 38 heavy (non-hydrogen) atoms. The summed E-state index contributed by atoms with van der Waals surface area (Å²) in [7, 11) is 0. The number of benzene rings is 2. The summed E-state index contributed by atoms with van der Waals surface area (Å²) in [5, 5.41) is 4.11. The Kier molecular flexibility index (Phi) is 6.99. The van der Waals surface area contributed by atoms with E-state index in [0.29, 0.717) is 53.2 Å². The summed E-state index contributed by atoms with van der Waals surface area (Å²) in [5.74, 6) is 1.90. The predicted octanol–water partition coefficient (Wildman–Crippen LogP) is 5.23. The van der Waals surface area contributed by atoms with Crippen molar-refractivity contribution in [3.8, 4) is 22.9 Å². The lowest BCUT2D eigenvalue weighted by atomic mass is 9.97. The van der Waals surface area contributed by atoms with E-state index in [2.05, 4.69) is 5.32 Å². The van der Waals surface area contributed by atoms with Gasteiger partial charge >= 0.3 is 0 Å². The van der Waals surface area contributed by atoms with Crippen molar-refractivity contribution >= 4 is 44.9 Å². The maximum absolute atomic E-state index is 13.9. The standard InChI is InChI=1S/C28H27N3O5S2/c1-2-34-19-10-8-18(9-11-19)31-27(33)25-20-5-3-4-6-23(20)38-26(25)30-28(31)37-16-24(32)29-17-7-12-21-22(15-17)36-14-13-35-21/h7-12,15H,2-6,13-14,16H2,1H3,(H,29,32). The van der Waals surface area contributed by atoms with Crippen LogP contribution in [0.2, 0.25) is 0 Å². The van der Waals surface area contributed by atoms with Gasteiger partial charge in [-0.25, -0.2) is 4.98 Å². The fourth-order valence-corrected chi connectivity index (χ4v) is 6.93. The number of ether oxygens (including phenoxy) is 3. The van der Waals surface area contributed by atoms with Gasteiger partial charge in [0.1, 0.15) is 23.8 Å². The van der Waals surface area contributed by atoms with Crippen LogP contribution in [-0.2, 0) is 17.6 Å². The molecule has 1 amide bonds. The Labute approximate surface area is 227 Å². The van der Waals surface area contributed by atoms with Gasteiger partial charge in [0.15, 0.2) is 16.7 Å². The molecule has 0 atom stereocenters. The Balaban J connectivity index is 1.31. The number of aromatic nitrogens is 2. The van der Waals surface area contributed by atoms with Gasteiger partial charge in [-0.1, -0.05) is 11.8 Å². The molecule has 2 aromatic heterocycles. The monoisotopic (exact) mass is 549 g/mol. The fraction of sp³-hybridized carbons (Fsp3) is 0.321. The number of hydrogen-bond donors (Lipinski definition) is 1. The van der Waals surface area contributed by atoms with Crippen molar-refractivity contribution in [2.75, 3.05) is 30.9 Å². The Morgan fingerprint density at radius 2 is 1.89 bits per heavy atom. The zero-order valence-electron chi connectivity index (χ0n) is 21.0. The average molecular weight is 550 g/mol. The molecule has 0 spiro atoms. The normalized spacial score (nSPS) is 14.2. The first-order valence-electron chi connectivity index (χ1n) is 12.7. The Hall–Kier alpha value is -3.50. The van der Waals surface area contributed by atoms with E-state index in [1.54, 1.807) is 34.1 Å². The maximum atomic E-state index is 13.9. The van der Waals surface area contributed by atoms with E-state index in [4.69, 9.17) is 19.2 Å². The van der Waals surface area contributed by atoms with Crippen LogP contribution in [0.5, 0.6) is 17.2 Å². The van der Waals surface area contributed by atoms with Gasteiger partial charge in [0.2, 0.25) is 5.91 Å². The van der Waals surface area contributed by atoms with Gasteiger partial charge in [-0.05, 0) is 74.6 Å². The number of thioether (sulfide) groups is 1. The van der Waals surface area contributed by atoms with Crippen molar-refractivity contribution in [2.24, 2.45) is 0 Å². The summed E-state index contributed by atoms with van der Waals surface area (Å²) in [6.45, 7) is 3.48. The Bertz CT molecular complexity index is 1560. The number of carbonyl (C=O) groups excluding carboxylic acids is 1. The summed E-state index contributed by atoms with van der Waals surface area (Å²) < 4.78 is 18.4. The molecule has 1 aliphatic carbocycles. The molecule has 0 fully saturated rings. The summed E-state index contributed by atoms with van der Waals surface area (Å²) >= 11 is 2.85. The van der Waals surface area contributed by atoms with Crippen LogP contribution in [0.25, 0.3) is 15.9 Å². The van der Waals surface area contributed by atoms with Gasteiger partial charge in [0.25, 0.3) is 5.56 Å². The second-order valence-corrected chi connectivity index (χ2v) is 11.1. The lowest BCUT2D eigenvalue weighted by Crippen LogP contribution is -2.23. The number of thiophene rings is 1. The minimum Gasteiger partial charge on any atom is -0.494 e. The molecular weight excluding hydrogens is 522 g/mol. The third-order valence-corrected chi connectivity index (χ3v) is 8.65. The number of fused-ring (bicyclic) bond motifs is 4. The largest absolute Gasteiger partial charge is 0.494 e. The van der Waals surface area contributed by atoms with Crippen LogP contribution in [0.4, 0.5) is 5.69 Å². The van der Waals surface area contributed by atoms with Gasteiger partial charge in [-0.2, -0.15) is 0 Å². The SMILES string of the molecule is CCOc1ccc(-n2c(SCC(=O)Nc3ccc4c(c3)OCCO4)nc3sc4c(c3c2=O)CCCC4)cc1. The van der Waals surface area contributed by atoms with Crippen molar-refractivity contribution in [1.29, 1.82) is 0 Å². The second kappa shape index (κ2) is 10.7. The second-order valence-electron chi connectivity index (χ2n) is 9.05. The first-order chi connectivity index (χ1) is 18.6. The number of nitrogens with one attached hydrogen (secondary N) is 1. The van der Waals surface area contributed by atoms with E-state index < -0.39 is 0 Å². The molecule has 4 aromatic rings. The molecule has 1 aliphatic heterocycles. The molecule has 3 heterocycles. The molecule has 0 unspecified atom stereocenters. The first-order valence-corrected chi connectivity index (χ1v) is 14.5. The van der Waals surface area contributed by atoms with Crippen LogP contribution in [0.15, 0.2) is 52.4 Å². The number of hydrogen-bond acceptors (Lipinski definition) is 8. The third kappa shape index (κ3) is 4.86. The van der Waals surface area contributed by atoms with Gasteiger partial charge in [-0.3, -0.25) is 14.2 Å². The molecule has 2 aliphatic rings. The third-order valence-electron chi connectivity index (χ3n) is 6.52. The Morgan fingerprint density at radius 1 is 1.11 bits per heavy atom. The number of rotatable bonds is 7. The van der Waals surface area contributed by atoms with Gasteiger partial charge in [0.05, 0.1) is 23.4 Å². The van der Waals surface area contributed by atoms with E-state index in [-0.39, 0.29) is 17.2 Å². The van der Waals surface area contributed by atoms with E-state index in [9.17, 15) is 9.59 Å². The van der Waals surface area contributed by atoms with E-state index in [1.807, 2.05) is 31.2 Å². The van der Waals surface area contributed by atoms with Gasteiger partial charge < -0.3 is 19.5 Å². The lowest BCUT2D eigenvalue weighted by Gasteiger charge is -2.19. The molecule has 10 heteroatoms. The summed E-state index contributed by atoms with van der Waals surface area (Å²) in [6.07, 6.45) is 4.10. The molecular formula is C28H27N3O5S2. The zero-order chi connectivity index (χ0) is 26.1. The predicted molar refractivity (Wildman–Crippen MR) is 150 cm³/mol. The lowest BCUT2D eigenvalue weighted by molar-refractivity contribution is -0.113. The molecule has 0 saturated heterocycles. The topological polar surface area (TPSA) is 91.7 Å². The van der Waals surface area contributed by atoms with E-state index in [0.717, 1.165) is 41.8 Å². The van der Waals surface area contributed by atoms with E-state index in [1.165, 1.54) is 16.6 Å². The smallest absolute Gasteiger partial charge is 0.267 e. The molecule has 2 aromatic carbocycles. The first kappa shape index (κ1) is 24.8. The van der Waals surface area contributed by atoms with Crippen LogP contribution in [0.1, 0.15) is 30.2 Å². The van der Waals surface area contributed by atoms with E-state index >= 15 is 0 Å². The summed E-state index contributed by atoms with van der Waals surface area (Å²) in [4.78, 5) is 33.7. The minimum atomic E-state index is -0.204. The Morgan fingerprint density at radius 3 is 2.71 bits per heavy atom. The quantitative estimate of drug-likeness (QED) is 0.249. The van der Waals surface area contributed by atoms with Crippen LogP contribution >= 0.6 is 23.1 Å². The zero-order valence-corrected chi connectivity index (χ0v) is 22.6.